The van der Waals surface area contributed by atoms with Crippen molar-refractivity contribution in [1.82, 2.24) is 4.98 Å². The lowest BCUT2D eigenvalue weighted by Crippen LogP contribution is -2.46. The van der Waals surface area contributed by atoms with Crippen LogP contribution in [0.5, 0.6) is 23.1 Å². The van der Waals surface area contributed by atoms with E-state index < -0.39 is 12.2 Å². The van der Waals surface area contributed by atoms with Gasteiger partial charge in [0.25, 0.3) is 5.91 Å². The molecule has 4 rings (SSSR count). The Kier molecular flexibility index (Phi) is 5.22. The van der Waals surface area contributed by atoms with Gasteiger partial charge in [0.2, 0.25) is 12.0 Å². The zero-order valence-electron chi connectivity index (χ0n) is 16.5. The molecule has 7 heteroatoms. The Hall–Kier alpha value is -4.05. The fourth-order valence-corrected chi connectivity index (χ4v) is 3.12. The molecule has 1 aliphatic heterocycles. The van der Waals surface area contributed by atoms with Gasteiger partial charge in [-0.15, -0.1) is 0 Å². The standard InChI is InChI=1S/C23H19N3O4/c1-14-12-17(29-23-16(13-24)6-5-11-25-23)9-10-18(14)26-22(27)21-15(2)28-19-7-3-4-8-20(19)30-21/h3-12,15,21H,1-2H3,(H,26,27). The molecule has 30 heavy (non-hydrogen) atoms. The summed E-state index contributed by atoms with van der Waals surface area (Å²) in [4.78, 5) is 16.9. The number of para-hydroxylation sites is 2. The van der Waals surface area contributed by atoms with Gasteiger partial charge < -0.3 is 19.5 Å². The molecule has 0 aliphatic carbocycles. The van der Waals surface area contributed by atoms with E-state index in [2.05, 4.69) is 10.3 Å². The molecule has 3 aromatic rings. The highest BCUT2D eigenvalue weighted by Crippen LogP contribution is 2.34. The van der Waals surface area contributed by atoms with Crippen LogP contribution in [0.1, 0.15) is 18.1 Å². The smallest absolute Gasteiger partial charge is 0.269 e. The Morgan fingerprint density at radius 3 is 2.63 bits per heavy atom. The molecule has 2 unspecified atom stereocenters. The second kappa shape index (κ2) is 8.13. The summed E-state index contributed by atoms with van der Waals surface area (Å²) < 4.78 is 17.4. The number of amides is 1. The van der Waals surface area contributed by atoms with E-state index in [9.17, 15) is 4.79 Å². The van der Waals surface area contributed by atoms with E-state index in [0.717, 1.165) is 5.56 Å². The number of nitrogens with one attached hydrogen (secondary N) is 1. The summed E-state index contributed by atoms with van der Waals surface area (Å²) in [6.07, 6.45) is 0.349. The van der Waals surface area contributed by atoms with Gasteiger partial charge in [-0.2, -0.15) is 5.26 Å². The first-order valence-corrected chi connectivity index (χ1v) is 9.42. The number of hydrogen-bond acceptors (Lipinski definition) is 6. The average molecular weight is 401 g/mol. The number of benzene rings is 2. The highest BCUT2D eigenvalue weighted by molar-refractivity contribution is 5.95. The molecule has 1 aliphatic rings. The summed E-state index contributed by atoms with van der Waals surface area (Å²) >= 11 is 0. The number of nitrogens with zero attached hydrogens (tertiary/aromatic N) is 2. The lowest BCUT2D eigenvalue weighted by Gasteiger charge is -2.31. The number of nitriles is 1. The van der Waals surface area contributed by atoms with Crippen LogP contribution < -0.4 is 19.5 Å². The van der Waals surface area contributed by atoms with Crippen LogP contribution in [0.2, 0.25) is 0 Å². The van der Waals surface area contributed by atoms with Crippen LogP contribution in [-0.4, -0.2) is 23.1 Å². The van der Waals surface area contributed by atoms with Crippen molar-refractivity contribution in [3.8, 4) is 29.2 Å². The molecule has 2 atom stereocenters. The summed E-state index contributed by atoms with van der Waals surface area (Å²) in [6, 6.07) is 17.8. The zero-order valence-corrected chi connectivity index (χ0v) is 16.5. The van der Waals surface area contributed by atoms with E-state index in [0.29, 0.717) is 28.5 Å². The lowest BCUT2D eigenvalue weighted by atomic mass is 10.1. The molecule has 2 heterocycles. The van der Waals surface area contributed by atoms with Gasteiger partial charge in [-0.3, -0.25) is 4.79 Å². The number of hydrogen-bond donors (Lipinski definition) is 1. The average Bonchev–Trinajstić information content (AvgIpc) is 2.75. The Labute approximate surface area is 173 Å². The Bertz CT molecular complexity index is 1140. The highest BCUT2D eigenvalue weighted by Gasteiger charge is 2.34. The zero-order chi connectivity index (χ0) is 21.1. The van der Waals surface area contributed by atoms with Gasteiger partial charge in [-0.05, 0) is 61.9 Å². The topological polar surface area (TPSA) is 93.5 Å². The van der Waals surface area contributed by atoms with E-state index in [1.807, 2.05) is 31.2 Å². The van der Waals surface area contributed by atoms with Gasteiger partial charge in [0, 0.05) is 11.9 Å². The van der Waals surface area contributed by atoms with Gasteiger partial charge >= 0.3 is 0 Å². The monoisotopic (exact) mass is 401 g/mol. The Morgan fingerprint density at radius 2 is 1.90 bits per heavy atom. The number of carbonyl (C=O) groups is 1. The van der Waals surface area contributed by atoms with Crippen LogP contribution >= 0.6 is 0 Å². The molecule has 150 valence electrons. The van der Waals surface area contributed by atoms with Crippen molar-refractivity contribution in [1.29, 1.82) is 5.26 Å². The van der Waals surface area contributed by atoms with Crippen molar-refractivity contribution in [2.75, 3.05) is 5.32 Å². The number of rotatable bonds is 4. The van der Waals surface area contributed by atoms with E-state index >= 15 is 0 Å². The van der Waals surface area contributed by atoms with E-state index in [1.165, 1.54) is 0 Å². The van der Waals surface area contributed by atoms with Crippen LogP contribution in [0.4, 0.5) is 5.69 Å². The maximum atomic E-state index is 12.8. The first-order chi connectivity index (χ1) is 14.5. The predicted octanol–water partition coefficient (Wildman–Crippen LogP) is 4.22. The fourth-order valence-electron chi connectivity index (χ4n) is 3.12. The maximum absolute atomic E-state index is 12.8. The molecule has 1 N–H and O–H groups in total. The first kappa shape index (κ1) is 19.3. The van der Waals surface area contributed by atoms with Crippen LogP contribution in [0.3, 0.4) is 0 Å². The molecular weight excluding hydrogens is 382 g/mol. The molecule has 0 saturated heterocycles. The third-order valence-corrected chi connectivity index (χ3v) is 4.66. The Balaban J connectivity index is 1.48. The minimum atomic E-state index is -0.776. The van der Waals surface area contributed by atoms with Gasteiger partial charge in [-0.1, -0.05) is 12.1 Å². The molecule has 2 aromatic carbocycles. The summed E-state index contributed by atoms with van der Waals surface area (Å²) in [7, 11) is 0. The fraction of sp³-hybridized carbons (Fsp3) is 0.174. The lowest BCUT2D eigenvalue weighted by molar-refractivity contribution is -0.128. The number of pyridine rings is 1. The normalized spacial score (nSPS) is 17.0. The molecule has 0 saturated carbocycles. The minimum Gasteiger partial charge on any atom is -0.482 e. The summed E-state index contributed by atoms with van der Waals surface area (Å²) in [5.74, 6) is 1.61. The number of carbonyl (C=O) groups excluding carboxylic acids is 1. The molecule has 1 amide bonds. The van der Waals surface area contributed by atoms with Gasteiger partial charge in [-0.25, -0.2) is 4.98 Å². The predicted molar refractivity (Wildman–Crippen MR) is 110 cm³/mol. The summed E-state index contributed by atoms with van der Waals surface area (Å²) in [6.45, 7) is 3.65. The summed E-state index contributed by atoms with van der Waals surface area (Å²) in [5, 5.41) is 12.0. The number of ether oxygens (including phenoxy) is 3. The van der Waals surface area contributed by atoms with Crippen molar-refractivity contribution in [2.45, 2.75) is 26.1 Å². The van der Waals surface area contributed by atoms with Gasteiger partial charge in [0.05, 0.1) is 0 Å². The van der Waals surface area contributed by atoms with Crippen LogP contribution in [-0.2, 0) is 4.79 Å². The van der Waals surface area contributed by atoms with Crippen molar-refractivity contribution in [3.63, 3.8) is 0 Å². The van der Waals surface area contributed by atoms with Crippen molar-refractivity contribution in [2.24, 2.45) is 0 Å². The third-order valence-electron chi connectivity index (χ3n) is 4.66. The van der Waals surface area contributed by atoms with Gasteiger partial charge in [0.15, 0.2) is 11.5 Å². The van der Waals surface area contributed by atoms with Crippen molar-refractivity contribution in [3.05, 3.63) is 71.9 Å². The second-order valence-corrected chi connectivity index (χ2v) is 6.84. The quantitative estimate of drug-likeness (QED) is 0.703. The van der Waals surface area contributed by atoms with E-state index in [1.54, 1.807) is 49.5 Å². The highest BCUT2D eigenvalue weighted by atomic mass is 16.6. The number of anilines is 1. The Morgan fingerprint density at radius 1 is 1.13 bits per heavy atom. The van der Waals surface area contributed by atoms with Crippen LogP contribution in [0, 0.1) is 18.3 Å². The molecule has 0 spiro atoms. The third kappa shape index (κ3) is 3.89. The summed E-state index contributed by atoms with van der Waals surface area (Å²) in [5.41, 5.74) is 1.76. The molecule has 7 nitrogen and oxygen atoms in total. The second-order valence-electron chi connectivity index (χ2n) is 6.84. The number of aryl methyl sites for hydroxylation is 1. The molecule has 0 fully saturated rings. The van der Waals surface area contributed by atoms with E-state index in [-0.39, 0.29) is 11.8 Å². The number of fused-ring (bicyclic) bond motifs is 1. The maximum Gasteiger partial charge on any atom is 0.269 e. The largest absolute Gasteiger partial charge is 0.482 e. The SMILES string of the molecule is Cc1cc(Oc2ncccc2C#N)ccc1NC(=O)C1Oc2ccccc2OC1C. The van der Waals surface area contributed by atoms with Crippen LogP contribution in [0.25, 0.3) is 0 Å². The van der Waals surface area contributed by atoms with Crippen molar-refractivity contribution < 1.29 is 19.0 Å². The van der Waals surface area contributed by atoms with Gasteiger partial charge in [0.1, 0.15) is 23.5 Å². The molecule has 1 aromatic heterocycles. The van der Waals surface area contributed by atoms with Crippen LogP contribution in [0.15, 0.2) is 60.8 Å². The number of aromatic nitrogens is 1. The molecule has 0 radical (unpaired) electrons. The molecule has 0 bridgehead atoms. The van der Waals surface area contributed by atoms with E-state index in [4.69, 9.17) is 19.5 Å². The minimum absolute atomic E-state index is 0.233. The van der Waals surface area contributed by atoms with Crippen molar-refractivity contribution >= 4 is 11.6 Å². The first-order valence-electron chi connectivity index (χ1n) is 9.42. The molecular formula is C23H19N3O4.